The maximum absolute atomic E-state index is 13.3. The summed E-state index contributed by atoms with van der Waals surface area (Å²) in [6.45, 7) is 3.80. The predicted molar refractivity (Wildman–Crippen MR) is 154 cm³/mol. The van der Waals surface area contributed by atoms with Gasteiger partial charge in [0.2, 0.25) is 17.7 Å². The van der Waals surface area contributed by atoms with Gasteiger partial charge in [-0.1, -0.05) is 32.0 Å². The van der Waals surface area contributed by atoms with Crippen LogP contribution in [0.25, 0.3) is 10.9 Å². The number of hydrogen-bond donors (Lipinski definition) is 7. The molecule has 0 bridgehead atoms. The average molecular weight is 563 g/mol. The van der Waals surface area contributed by atoms with E-state index in [1.807, 2.05) is 36.7 Å². The Hall–Kier alpha value is -3.09. The molecular weight excluding hydrogens is 520 g/mol. The first-order valence-electron chi connectivity index (χ1n) is 13.2. The van der Waals surface area contributed by atoms with Gasteiger partial charge in [0.05, 0.1) is 6.04 Å². The topological polar surface area (TPSA) is 192 Å². The maximum atomic E-state index is 13.3. The molecule has 9 N–H and O–H groups in total. The van der Waals surface area contributed by atoms with Gasteiger partial charge in [0.15, 0.2) is 0 Å². The molecule has 4 unspecified atom stereocenters. The van der Waals surface area contributed by atoms with Crippen LogP contribution in [0.4, 0.5) is 0 Å². The zero-order valence-corrected chi connectivity index (χ0v) is 23.7. The molecule has 0 aliphatic carbocycles. The number of H-pyrrole nitrogens is 1. The molecule has 1 aromatic heterocycles. The van der Waals surface area contributed by atoms with Crippen molar-refractivity contribution in [2.24, 2.45) is 17.4 Å². The molecule has 0 aliphatic heterocycles. The van der Waals surface area contributed by atoms with Gasteiger partial charge in [-0.2, -0.15) is 11.8 Å². The standard InChI is InChI=1S/C27H42N6O5S/c1-16(2)23(27(37)38)33-26(36)21(10-6-7-12-28)32-25(35)22(11-13-39-3)31-24(34)19(29)14-17-15-30-20-9-5-4-8-18(17)20/h4-5,8-9,15-16,19,21-23,30H,6-7,10-14,28-29H2,1-3H3,(H,31,34)(H,32,35)(H,33,36)(H,37,38). The number of nitrogens with two attached hydrogens (primary N) is 2. The minimum Gasteiger partial charge on any atom is -0.480 e. The van der Waals surface area contributed by atoms with Crippen LogP contribution in [0.1, 0.15) is 45.1 Å². The van der Waals surface area contributed by atoms with E-state index in [-0.39, 0.29) is 18.8 Å². The SMILES string of the molecule is CSCCC(NC(=O)C(N)Cc1c[nH]c2ccccc12)C(=O)NC(CCCCN)C(=O)NC(C(=O)O)C(C)C. The Labute approximate surface area is 233 Å². The molecule has 39 heavy (non-hydrogen) atoms. The smallest absolute Gasteiger partial charge is 0.326 e. The minimum atomic E-state index is -1.15. The van der Waals surface area contributed by atoms with Gasteiger partial charge in [-0.25, -0.2) is 4.79 Å². The third kappa shape index (κ3) is 9.86. The summed E-state index contributed by atoms with van der Waals surface area (Å²) in [6.07, 6.45) is 5.81. The van der Waals surface area contributed by atoms with Gasteiger partial charge in [-0.05, 0) is 68.2 Å². The molecule has 3 amide bonds. The lowest BCUT2D eigenvalue weighted by Crippen LogP contribution is -2.57. The largest absolute Gasteiger partial charge is 0.480 e. The second-order valence-electron chi connectivity index (χ2n) is 9.93. The van der Waals surface area contributed by atoms with E-state index in [9.17, 15) is 24.3 Å². The van der Waals surface area contributed by atoms with Crippen molar-refractivity contribution >= 4 is 46.4 Å². The highest BCUT2D eigenvalue weighted by atomic mass is 32.2. The second kappa shape index (κ2) is 16.1. The van der Waals surface area contributed by atoms with Crippen LogP contribution in [0.15, 0.2) is 30.5 Å². The fourth-order valence-corrected chi connectivity index (χ4v) is 4.69. The normalized spacial score (nSPS) is 14.4. The van der Waals surface area contributed by atoms with Crippen LogP contribution in [0.2, 0.25) is 0 Å². The predicted octanol–water partition coefficient (Wildman–Crippen LogP) is 1.11. The molecule has 1 aromatic carbocycles. The molecule has 0 saturated carbocycles. The summed E-state index contributed by atoms with van der Waals surface area (Å²) in [5.41, 5.74) is 13.7. The molecule has 216 valence electrons. The van der Waals surface area contributed by atoms with Crippen LogP contribution in [0.3, 0.4) is 0 Å². The van der Waals surface area contributed by atoms with E-state index in [0.29, 0.717) is 31.6 Å². The van der Waals surface area contributed by atoms with Crippen LogP contribution in [0.5, 0.6) is 0 Å². The number of aromatic amines is 1. The molecule has 0 saturated heterocycles. The third-order valence-electron chi connectivity index (χ3n) is 6.51. The van der Waals surface area contributed by atoms with Crippen molar-refractivity contribution in [3.8, 4) is 0 Å². The van der Waals surface area contributed by atoms with Gasteiger partial charge in [0.1, 0.15) is 18.1 Å². The number of nitrogens with one attached hydrogen (secondary N) is 4. The summed E-state index contributed by atoms with van der Waals surface area (Å²) < 4.78 is 0. The molecule has 4 atom stereocenters. The molecule has 12 heteroatoms. The van der Waals surface area contributed by atoms with Crippen molar-refractivity contribution in [2.75, 3.05) is 18.6 Å². The minimum absolute atomic E-state index is 0.280. The number of aromatic nitrogens is 1. The van der Waals surface area contributed by atoms with Crippen molar-refractivity contribution in [3.05, 3.63) is 36.0 Å². The molecule has 0 fully saturated rings. The summed E-state index contributed by atoms with van der Waals surface area (Å²) in [4.78, 5) is 54.1. The van der Waals surface area contributed by atoms with E-state index in [2.05, 4.69) is 20.9 Å². The molecule has 1 heterocycles. The first-order valence-corrected chi connectivity index (χ1v) is 14.6. The number of thioether (sulfide) groups is 1. The van der Waals surface area contributed by atoms with Crippen molar-refractivity contribution in [1.29, 1.82) is 0 Å². The monoisotopic (exact) mass is 562 g/mol. The summed E-state index contributed by atoms with van der Waals surface area (Å²) in [5, 5.41) is 18.5. The Morgan fingerprint density at radius 3 is 2.26 bits per heavy atom. The number of carbonyl (C=O) groups is 4. The van der Waals surface area contributed by atoms with E-state index in [1.165, 1.54) is 11.8 Å². The zero-order chi connectivity index (χ0) is 28.9. The Balaban J connectivity index is 2.12. The summed E-state index contributed by atoms with van der Waals surface area (Å²) in [5.74, 6) is -2.50. The molecule has 0 radical (unpaired) electrons. The summed E-state index contributed by atoms with van der Waals surface area (Å²) >= 11 is 1.52. The van der Waals surface area contributed by atoms with Gasteiger partial charge in [-0.15, -0.1) is 0 Å². The highest BCUT2D eigenvalue weighted by Gasteiger charge is 2.31. The fourth-order valence-electron chi connectivity index (χ4n) is 4.21. The second-order valence-corrected chi connectivity index (χ2v) is 10.9. The lowest BCUT2D eigenvalue weighted by atomic mass is 10.0. The quantitative estimate of drug-likeness (QED) is 0.139. The molecule has 0 spiro atoms. The van der Waals surface area contributed by atoms with Crippen LogP contribution >= 0.6 is 11.8 Å². The van der Waals surface area contributed by atoms with Gasteiger partial charge in [0.25, 0.3) is 0 Å². The lowest BCUT2D eigenvalue weighted by molar-refractivity contribution is -0.143. The number of carboxylic acids is 1. The van der Waals surface area contributed by atoms with Gasteiger partial charge >= 0.3 is 5.97 Å². The summed E-state index contributed by atoms with van der Waals surface area (Å²) in [6, 6.07) is 3.84. The fraction of sp³-hybridized carbons (Fsp3) is 0.556. The van der Waals surface area contributed by atoms with E-state index < -0.39 is 47.9 Å². The number of carboxylic acid groups (broad SMARTS) is 1. The number of para-hydroxylation sites is 1. The van der Waals surface area contributed by atoms with E-state index in [0.717, 1.165) is 16.5 Å². The number of benzene rings is 1. The van der Waals surface area contributed by atoms with Gasteiger partial charge < -0.3 is 37.5 Å². The van der Waals surface area contributed by atoms with Gasteiger partial charge in [-0.3, -0.25) is 14.4 Å². The number of aliphatic carboxylic acids is 1. The Kier molecular flexibility index (Phi) is 13.3. The number of fused-ring (bicyclic) bond motifs is 1. The number of unbranched alkanes of at least 4 members (excludes halogenated alkanes) is 1. The number of carbonyl (C=O) groups excluding carboxylic acids is 3. The summed E-state index contributed by atoms with van der Waals surface area (Å²) in [7, 11) is 0. The lowest BCUT2D eigenvalue weighted by Gasteiger charge is -2.26. The first-order chi connectivity index (χ1) is 18.6. The maximum Gasteiger partial charge on any atom is 0.326 e. The Morgan fingerprint density at radius 2 is 1.62 bits per heavy atom. The van der Waals surface area contributed by atoms with E-state index in [1.54, 1.807) is 13.8 Å². The molecule has 2 rings (SSSR count). The molecule has 2 aromatic rings. The van der Waals surface area contributed by atoms with Crippen molar-refractivity contribution in [2.45, 2.75) is 70.1 Å². The van der Waals surface area contributed by atoms with Crippen molar-refractivity contribution in [1.82, 2.24) is 20.9 Å². The Bertz CT molecular complexity index is 1110. The third-order valence-corrected chi connectivity index (χ3v) is 7.15. The van der Waals surface area contributed by atoms with Crippen molar-refractivity contribution in [3.63, 3.8) is 0 Å². The van der Waals surface area contributed by atoms with Crippen LogP contribution in [-0.4, -0.2) is 76.5 Å². The van der Waals surface area contributed by atoms with E-state index in [4.69, 9.17) is 11.5 Å². The number of amides is 3. The van der Waals surface area contributed by atoms with Crippen LogP contribution in [-0.2, 0) is 25.6 Å². The highest BCUT2D eigenvalue weighted by molar-refractivity contribution is 7.98. The van der Waals surface area contributed by atoms with Crippen LogP contribution < -0.4 is 27.4 Å². The number of hydrogen-bond acceptors (Lipinski definition) is 7. The van der Waals surface area contributed by atoms with E-state index >= 15 is 0 Å². The van der Waals surface area contributed by atoms with Crippen LogP contribution in [0, 0.1) is 5.92 Å². The molecular formula is C27H42N6O5S. The molecule has 0 aliphatic rings. The van der Waals surface area contributed by atoms with Crippen molar-refractivity contribution < 1.29 is 24.3 Å². The first kappa shape index (κ1) is 32.1. The highest BCUT2D eigenvalue weighted by Crippen LogP contribution is 2.19. The van der Waals surface area contributed by atoms with Gasteiger partial charge in [0, 0.05) is 17.1 Å². The zero-order valence-electron chi connectivity index (χ0n) is 22.9. The Morgan fingerprint density at radius 1 is 0.974 bits per heavy atom. The average Bonchev–Trinajstić information content (AvgIpc) is 3.30. The number of rotatable bonds is 17. The molecule has 11 nitrogen and oxygen atoms in total.